The normalized spacial score (nSPS) is 10.9. The van der Waals surface area contributed by atoms with E-state index < -0.39 is 15.9 Å². The van der Waals surface area contributed by atoms with Crippen LogP contribution in [0.2, 0.25) is 0 Å². The molecule has 4 aromatic carbocycles. The van der Waals surface area contributed by atoms with Crippen molar-refractivity contribution in [3.05, 3.63) is 114 Å². The highest BCUT2D eigenvalue weighted by Gasteiger charge is 2.15. The van der Waals surface area contributed by atoms with Crippen molar-refractivity contribution in [1.29, 1.82) is 0 Å². The fourth-order valence-corrected chi connectivity index (χ4v) is 4.70. The molecule has 4 rings (SSSR count). The molecule has 0 saturated carbocycles. The number of carbonyl (C=O) groups excluding carboxylic acids is 2. The van der Waals surface area contributed by atoms with Crippen molar-refractivity contribution >= 4 is 44.6 Å². The van der Waals surface area contributed by atoms with E-state index in [-0.39, 0.29) is 17.2 Å². The highest BCUT2D eigenvalue weighted by Crippen LogP contribution is 2.20. The van der Waals surface area contributed by atoms with E-state index in [0.717, 1.165) is 11.1 Å². The maximum atomic E-state index is 12.8. The molecule has 0 aliphatic rings. The highest BCUT2D eigenvalue weighted by atomic mass is 32.2. The summed E-state index contributed by atoms with van der Waals surface area (Å²) in [6.45, 7) is 1.93. The number of rotatable bonds is 8. The first-order valence-electron chi connectivity index (χ1n) is 11.4. The average Bonchev–Trinajstić information content (AvgIpc) is 2.87. The molecular weight excluding hydrogens is 488 g/mol. The summed E-state index contributed by atoms with van der Waals surface area (Å²) in [6, 6.07) is 26.5. The Morgan fingerprint density at radius 2 is 1.46 bits per heavy atom. The fraction of sp³-hybridized carbons (Fsp3) is 0.0714. The molecule has 0 saturated heterocycles. The van der Waals surface area contributed by atoms with Gasteiger partial charge in [-0.25, -0.2) is 8.42 Å². The van der Waals surface area contributed by atoms with E-state index >= 15 is 0 Å². The maximum Gasteiger partial charge on any atom is 0.261 e. The van der Waals surface area contributed by atoms with Gasteiger partial charge in [0.1, 0.15) is 0 Å². The lowest BCUT2D eigenvalue weighted by molar-refractivity contribution is -0.115. The van der Waals surface area contributed by atoms with Crippen LogP contribution in [0.4, 0.5) is 22.7 Å². The second kappa shape index (κ2) is 11.0. The Bertz CT molecular complexity index is 1540. The second-order valence-corrected chi connectivity index (χ2v) is 10.1. The molecule has 4 aromatic rings. The lowest BCUT2D eigenvalue weighted by Gasteiger charge is -2.11. The summed E-state index contributed by atoms with van der Waals surface area (Å²) >= 11 is 0. The molecule has 0 fully saturated rings. The van der Waals surface area contributed by atoms with Gasteiger partial charge >= 0.3 is 0 Å². The molecular formula is C28H26N4O4S. The van der Waals surface area contributed by atoms with E-state index in [0.29, 0.717) is 28.3 Å². The zero-order valence-electron chi connectivity index (χ0n) is 20.1. The van der Waals surface area contributed by atoms with Crippen LogP contribution in [0.25, 0.3) is 0 Å². The van der Waals surface area contributed by atoms with Crippen molar-refractivity contribution in [3.63, 3.8) is 0 Å². The van der Waals surface area contributed by atoms with Gasteiger partial charge in [0.15, 0.2) is 0 Å². The summed E-state index contributed by atoms with van der Waals surface area (Å²) in [7, 11) is -3.77. The Kier molecular flexibility index (Phi) is 7.55. The molecule has 5 N–H and O–H groups in total. The second-order valence-electron chi connectivity index (χ2n) is 8.46. The average molecular weight is 515 g/mol. The number of nitrogens with one attached hydrogen (secondary N) is 3. The van der Waals surface area contributed by atoms with Gasteiger partial charge in [-0.2, -0.15) is 0 Å². The summed E-state index contributed by atoms with van der Waals surface area (Å²) in [5, 5.41) is 5.53. The van der Waals surface area contributed by atoms with E-state index in [9.17, 15) is 18.0 Å². The molecule has 9 heteroatoms. The molecule has 0 radical (unpaired) electrons. The zero-order valence-corrected chi connectivity index (χ0v) is 20.9. The van der Waals surface area contributed by atoms with Crippen molar-refractivity contribution in [2.75, 3.05) is 21.1 Å². The third-order valence-corrected chi connectivity index (χ3v) is 6.90. The van der Waals surface area contributed by atoms with Gasteiger partial charge in [-0.1, -0.05) is 42.0 Å². The Labute approximate surface area is 215 Å². The van der Waals surface area contributed by atoms with Crippen LogP contribution < -0.4 is 21.1 Å². The van der Waals surface area contributed by atoms with E-state index in [1.807, 2.05) is 19.1 Å². The molecule has 0 aliphatic heterocycles. The predicted molar refractivity (Wildman–Crippen MR) is 146 cm³/mol. The minimum Gasteiger partial charge on any atom is -0.398 e. The number of benzene rings is 4. The maximum absolute atomic E-state index is 12.8. The van der Waals surface area contributed by atoms with Crippen molar-refractivity contribution in [1.82, 2.24) is 0 Å². The zero-order chi connectivity index (χ0) is 26.4. The predicted octanol–water partition coefficient (Wildman–Crippen LogP) is 4.81. The number of nitrogens with two attached hydrogens (primary N) is 1. The Hall–Kier alpha value is -4.63. The van der Waals surface area contributed by atoms with Crippen LogP contribution in [0.1, 0.15) is 21.5 Å². The van der Waals surface area contributed by atoms with Crippen molar-refractivity contribution in [2.45, 2.75) is 18.2 Å². The number of hydrogen-bond donors (Lipinski definition) is 4. The van der Waals surface area contributed by atoms with Crippen LogP contribution >= 0.6 is 0 Å². The van der Waals surface area contributed by atoms with Crippen LogP contribution in [-0.4, -0.2) is 20.2 Å². The molecule has 37 heavy (non-hydrogen) atoms. The van der Waals surface area contributed by atoms with E-state index in [1.165, 1.54) is 24.3 Å². The van der Waals surface area contributed by atoms with Gasteiger partial charge in [-0.15, -0.1) is 0 Å². The number of hydrogen-bond acceptors (Lipinski definition) is 5. The number of carbonyl (C=O) groups is 2. The monoisotopic (exact) mass is 514 g/mol. The molecule has 188 valence electrons. The van der Waals surface area contributed by atoms with Crippen LogP contribution in [0, 0.1) is 6.92 Å². The molecule has 0 heterocycles. The fourth-order valence-electron chi connectivity index (χ4n) is 3.64. The third kappa shape index (κ3) is 6.74. The molecule has 0 aromatic heterocycles. The molecule has 0 spiro atoms. The quantitative estimate of drug-likeness (QED) is 0.251. The summed E-state index contributed by atoms with van der Waals surface area (Å²) in [6.07, 6.45) is 0.109. The van der Waals surface area contributed by atoms with Gasteiger partial charge in [0.05, 0.1) is 11.3 Å². The number of amides is 2. The molecule has 0 aliphatic carbocycles. The van der Waals surface area contributed by atoms with Gasteiger partial charge in [0.2, 0.25) is 5.91 Å². The first kappa shape index (κ1) is 25.5. The summed E-state index contributed by atoms with van der Waals surface area (Å²) in [5.74, 6) is -0.659. The van der Waals surface area contributed by atoms with Gasteiger partial charge in [0.25, 0.3) is 15.9 Å². The number of para-hydroxylation sites is 1. The summed E-state index contributed by atoms with van der Waals surface area (Å²) in [5.41, 5.74) is 9.93. The highest BCUT2D eigenvalue weighted by molar-refractivity contribution is 7.92. The Morgan fingerprint density at radius 3 is 2.19 bits per heavy atom. The summed E-state index contributed by atoms with van der Waals surface area (Å²) in [4.78, 5) is 25.4. The van der Waals surface area contributed by atoms with E-state index in [4.69, 9.17) is 5.73 Å². The van der Waals surface area contributed by atoms with Crippen molar-refractivity contribution < 1.29 is 18.0 Å². The van der Waals surface area contributed by atoms with Crippen LogP contribution in [0.3, 0.4) is 0 Å². The van der Waals surface area contributed by atoms with Gasteiger partial charge in [-0.05, 0) is 73.2 Å². The third-order valence-electron chi connectivity index (χ3n) is 5.51. The van der Waals surface area contributed by atoms with Crippen LogP contribution in [-0.2, 0) is 21.2 Å². The largest absolute Gasteiger partial charge is 0.398 e. The molecule has 0 bridgehead atoms. The van der Waals surface area contributed by atoms with Gasteiger partial charge in [0, 0.05) is 28.3 Å². The topological polar surface area (TPSA) is 130 Å². The van der Waals surface area contributed by atoms with Crippen LogP contribution in [0.15, 0.2) is 102 Å². The van der Waals surface area contributed by atoms with E-state index in [1.54, 1.807) is 60.7 Å². The van der Waals surface area contributed by atoms with Crippen molar-refractivity contribution in [3.8, 4) is 0 Å². The smallest absolute Gasteiger partial charge is 0.261 e. The minimum atomic E-state index is -3.77. The summed E-state index contributed by atoms with van der Waals surface area (Å²) < 4.78 is 27.7. The minimum absolute atomic E-state index is 0.0632. The molecule has 0 atom stereocenters. The van der Waals surface area contributed by atoms with Gasteiger partial charge < -0.3 is 16.4 Å². The first-order valence-corrected chi connectivity index (χ1v) is 12.9. The molecule has 0 unspecified atom stereocenters. The molecule has 2 amide bonds. The van der Waals surface area contributed by atoms with Crippen molar-refractivity contribution in [2.24, 2.45) is 0 Å². The lowest BCUT2D eigenvalue weighted by Crippen LogP contribution is -2.17. The number of sulfonamides is 1. The van der Waals surface area contributed by atoms with Gasteiger partial charge in [-0.3, -0.25) is 14.3 Å². The van der Waals surface area contributed by atoms with Crippen LogP contribution in [0.5, 0.6) is 0 Å². The Morgan fingerprint density at radius 1 is 0.757 bits per heavy atom. The first-order chi connectivity index (χ1) is 17.7. The number of aryl methyl sites for hydroxylation is 1. The lowest BCUT2D eigenvalue weighted by atomic mass is 10.1. The van der Waals surface area contributed by atoms with E-state index in [2.05, 4.69) is 15.4 Å². The standard InChI is InChI=1S/C28H26N4O4S/c1-19-10-15-26(29)21(16-19)18-27(33)30-24-9-5-6-20(17-24)28(34)31-22-11-13-25(14-12-22)37(35,36)32-23-7-3-2-4-8-23/h2-17,32H,18,29H2,1H3,(H,30,33)(H,31,34). The SMILES string of the molecule is Cc1ccc(N)c(CC(=O)Nc2cccc(C(=O)Nc3ccc(S(=O)(=O)Nc4ccccc4)cc3)c2)c1. The molecule has 8 nitrogen and oxygen atoms in total. The number of anilines is 4. The Balaban J connectivity index is 1.39. The number of nitrogen functional groups attached to an aromatic ring is 1.